The van der Waals surface area contributed by atoms with Crippen molar-refractivity contribution in [1.29, 1.82) is 0 Å². The number of hydrogen-bond acceptors (Lipinski definition) is 4. The van der Waals surface area contributed by atoms with E-state index in [1.54, 1.807) is 20.8 Å². The fraction of sp³-hybridized carbons (Fsp3) is 0.545. The first-order chi connectivity index (χ1) is 12.9. The molecule has 5 nitrogen and oxygen atoms in total. The molecular formula is C22H32N2O3Si. The van der Waals surface area contributed by atoms with Gasteiger partial charge in [-0.3, -0.25) is 10.1 Å². The minimum Gasteiger partial charge on any atom is -0.444 e. The molecule has 1 aliphatic rings. The Labute approximate surface area is 169 Å². The molecule has 0 saturated carbocycles. The van der Waals surface area contributed by atoms with Crippen LogP contribution in [0.15, 0.2) is 18.2 Å². The Kier molecular flexibility index (Phi) is 6.61. The Bertz CT molecular complexity index is 810. The van der Waals surface area contributed by atoms with Crippen LogP contribution in [0, 0.1) is 18.4 Å². The van der Waals surface area contributed by atoms with Crippen LogP contribution >= 0.6 is 0 Å². The summed E-state index contributed by atoms with van der Waals surface area (Å²) < 4.78 is 5.20. The summed E-state index contributed by atoms with van der Waals surface area (Å²) in [7, 11) is -1.42. The number of rotatable bonds is 2. The fourth-order valence-corrected chi connectivity index (χ4v) is 3.65. The van der Waals surface area contributed by atoms with E-state index in [2.05, 4.69) is 47.4 Å². The number of ether oxygens (including phenoxy) is 1. The number of carbonyl (C=O) groups is 2. The Morgan fingerprint density at radius 3 is 2.50 bits per heavy atom. The number of alkyl carbamates (subject to hydrolysis) is 1. The second-order valence-electron chi connectivity index (χ2n) is 9.34. The summed E-state index contributed by atoms with van der Waals surface area (Å²) >= 11 is 0. The molecule has 2 amide bonds. The van der Waals surface area contributed by atoms with Crippen LogP contribution in [0.5, 0.6) is 0 Å². The van der Waals surface area contributed by atoms with Crippen LogP contribution in [-0.4, -0.2) is 38.3 Å². The van der Waals surface area contributed by atoms with Crippen molar-refractivity contribution in [3.8, 4) is 11.5 Å². The summed E-state index contributed by atoms with van der Waals surface area (Å²) in [6, 6.07) is 5.74. The van der Waals surface area contributed by atoms with Crippen LogP contribution in [0.3, 0.4) is 0 Å². The lowest BCUT2D eigenvalue weighted by Crippen LogP contribution is -2.47. The first kappa shape index (κ1) is 22.0. The molecule has 0 aliphatic carbocycles. The molecule has 1 heterocycles. The Hall–Kier alpha value is -2.26. The minimum absolute atomic E-state index is 0.311. The highest BCUT2D eigenvalue weighted by Crippen LogP contribution is 2.29. The van der Waals surface area contributed by atoms with Crippen LogP contribution in [0.4, 0.5) is 10.5 Å². The quantitative estimate of drug-likeness (QED) is 0.596. The first-order valence-electron chi connectivity index (χ1n) is 9.80. The van der Waals surface area contributed by atoms with Crippen molar-refractivity contribution in [1.82, 2.24) is 5.32 Å². The van der Waals surface area contributed by atoms with Gasteiger partial charge in [0.25, 0.3) is 5.91 Å². The number of anilines is 1. The largest absolute Gasteiger partial charge is 0.444 e. The number of aryl methyl sites for hydroxylation is 1. The van der Waals surface area contributed by atoms with E-state index < -0.39 is 19.8 Å². The predicted molar refractivity (Wildman–Crippen MR) is 116 cm³/mol. The smallest absolute Gasteiger partial charge is 0.414 e. The molecule has 1 N–H and O–H groups in total. The zero-order valence-electron chi connectivity index (χ0n) is 18.1. The average Bonchev–Trinajstić information content (AvgIpc) is 2.99. The van der Waals surface area contributed by atoms with E-state index in [4.69, 9.17) is 4.74 Å². The van der Waals surface area contributed by atoms with Crippen molar-refractivity contribution in [3.63, 3.8) is 0 Å². The average molecular weight is 401 g/mol. The van der Waals surface area contributed by atoms with E-state index in [0.29, 0.717) is 6.42 Å². The second kappa shape index (κ2) is 8.40. The first-order valence-corrected chi connectivity index (χ1v) is 13.3. The molecular weight excluding hydrogens is 368 g/mol. The van der Waals surface area contributed by atoms with E-state index >= 15 is 0 Å². The predicted octanol–water partition coefficient (Wildman–Crippen LogP) is 4.24. The Balaban J connectivity index is 2.14. The third-order valence-corrected chi connectivity index (χ3v) is 5.14. The van der Waals surface area contributed by atoms with Crippen molar-refractivity contribution in [2.75, 3.05) is 11.4 Å². The number of carbonyl (C=O) groups excluding carboxylic acids is 2. The van der Waals surface area contributed by atoms with Crippen LogP contribution in [0.25, 0.3) is 0 Å². The molecule has 0 radical (unpaired) electrons. The third-order valence-electron chi connectivity index (χ3n) is 4.27. The van der Waals surface area contributed by atoms with E-state index in [1.807, 2.05) is 19.1 Å². The van der Waals surface area contributed by atoms with Gasteiger partial charge in [0.1, 0.15) is 19.7 Å². The van der Waals surface area contributed by atoms with Crippen LogP contribution in [-0.2, 0) is 9.53 Å². The molecule has 1 aliphatic heterocycles. The molecule has 6 heteroatoms. The molecule has 0 aromatic heterocycles. The number of imide groups is 1. The third kappa shape index (κ3) is 6.41. The van der Waals surface area contributed by atoms with Gasteiger partial charge in [0.05, 0.1) is 0 Å². The molecule has 28 heavy (non-hydrogen) atoms. The number of benzene rings is 1. The monoisotopic (exact) mass is 400 g/mol. The van der Waals surface area contributed by atoms with Crippen LogP contribution in [0.1, 0.15) is 44.7 Å². The van der Waals surface area contributed by atoms with Gasteiger partial charge in [-0.05, 0) is 64.3 Å². The van der Waals surface area contributed by atoms with E-state index in [1.165, 1.54) is 0 Å². The summed E-state index contributed by atoms with van der Waals surface area (Å²) in [5, 5.41) is 2.39. The summed E-state index contributed by atoms with van der Waals surface area (Å²) in [5.74, 6) is 2.97. The number of amides is 2. The maximum atomic E-state index is 12.6. The topological polar surface area (TPSA) is 58.6 Å². The van der Waals surface area contributed by atoms with E-state index in [0.717, 1.165) is 29.8 Å². The van der Waals surface area contributed by atoms with Gasteiger partial charge in [0.15, 0.2) is 0 Å². The molecule has 0 bridgehead atoms. The van der Waals surface area contributed by atoms with Crippen molar-refractivity contribution in [2.45, 2.75) is 71.8 Å². The molecule has 1 atom stereocenters. The second-order valence-corrected chi connectivity index (χ2v) is 14.1. The van der Waals surface area contributed by atoms with Crippen molar-refractivity contribution in [3.05, 3.63) is 29.3 Å². The summed E-state index contributed by atoms with van der Waals surface area (Å²) in [4.78, 5) is 26.7. The molecule has 152 valence electrons. The molecule has 1 aromatic rings. The van der Waals surface area contributed by atoms with Gasteiger partial charge in [-0.2, -0.15) is 0 Å². The van der Waals surface area contributed by atoms with E-state index in [9.17, 15) is 9.59 Å². The van der Waals surface area contributed by atoms with Gasteiger partial charge in [0, 0.05) is 17.8 Å². The van der Waals surface area contributed by atoms with E-state index in [-0.39, 0.29) is 11.9 Å². The summed E-state index contributed by atoms with van der Waals surface area (Å²) in [6.45, 7) is 14.8. The van der Waals surface area contributed by atoms with Gasteiger partial charge >= 0.3 is 6.09 Å². The number of nitrogens with one attached hydrogen (secondary N) is 1. The maximum absolute atomic E-state index is 12.6. The maximum Gasteiger partial charge on any atom is 0.414 e. The van der Waals surface area contributed by atoms with Crippen LogP contribution < -0.4 is 10.2 Å². The molecule has 2 rings (SSSR count). The molecule has 0 unspecified atom stereocenters. The molecule has 1 aromatic carbocycles. The Morgan fingerprint density at radius 2 is 1.93 bits per heavy atom. The molecule has 1 saturated heterocycles. The van der Waals surface area contributed by atoms with Gasteiger partial charge in [-0.15, -0.1) is 5.54 Å². The van der Waals surface area contributed by atoms with Crippen LogP contribution in [0.2, 0.25) is 19.6 Å². The summed E-state index contributed by atoms with van der Waals surface area (Å²) in [5.41, 5.74) is 5.84. The minimum atomic E-state index is -1.42. The van der Waals surface area contributed by atoms with Gasteiger partial charge in [-0.1, -0.05) is 25.6 Å². The lowest BCUT2D eigenvalue weighted by Gasteiger charge is -2.28. The number of hydrogen-bond donors (Lipinski definition) is 1. The van der Waals surface area contributed by atoms with Crippen molar-refractivity contribution < 1.29 is 14.3 Å². The van der Waals surface area contributed by atoms with Gasteiger partial charge in [-0.25, -0.2) is 4.79 Å². The SMILES string of the molecule is Cc1cc(C#C[Si](C)(C)C)ccc1N1CCC[C@@H]1C(=O)NC(=O)OC(C)(C)C. The van der Waals surface area contributed by atoms with Gasteiger partial charge in [0.2, 0.25) is 0 Å². The number of nitrogens with zero attached hydrogens (tertiary/aromatic N) is 1. The molecule has 1 fully saturated rings. The highest BCUT2D eigenvalue weighted by atomic mass is 28.3. The highest BCUT2D eigenvalue weighted by Gasteiger charge is 2.33. The Morgan fingerprint density at radius 1 is 1.25 bits per heavy atom. The standard InChI is InChI=1S/C22H32N2O3Si/c1-16-15-17(12-14-28(5,6)7)10-11-18(16)24-13-8-9-19(24)20(25)23-21(26)27-22(2,3)4/h10-11,15,19H,8-9,13H2,1-7H3,(H,23,25,26)/t19-/m1/s1. The lowest BCUT2D eigenvalue weighted by atomic mass is 10.1. The van der Waals surface area contributed by atoms with Crippen molar-refractivity contribution in [2.24, 2.45) is 0 Å². The summed E-state index contributed by atoms with van der Waals surface area (Å²) in [6.07, 6.45) is 0.923. The normalized spacial score (nSPS) is 17.0. The zero-order chi connectivity index (χ0) is 21.1. The van der Waals surface area contributed by atoms with Gasteiger partial charge < -0.3 is 9.64 Å². The zero-order valence-corrected chi connectivity index (χ0v) is 19.1. The molecule has 0 spiro atoms. The van der Waals surface area contributed by atoms with Crippen molar-refractivity contribution >= 4 is 25.8 Å². The highest BCUT2D eigenvalue weighted by molar-refractivity contribution is 6.83. The lowest BCUT2D eigenvalue weighted by molar-refractivity contribution is -0.121. The fourth-order valence-electron chi connectivity index (χ4n) is 3.13.